The van der Waals surface area contributed by atoms with Gasteiger partial charge in [0.05, 0.1) is 5.02 Å². The molecule has 0 fully saturated rings. The minimum Gasteiger partial charge on any atom is -0.137 e. The van der Waals surface area contributed by atoms with Crippen LogP contribution in [0.25, 0.3) is 10.6 Å². The third-order valence-electron chi connectivity index (χ3n) is 1.57. The van der Waals surface area contributed by atoms with Crippen molar-refractivity contribution in [1.29, 1.82) is 0 Å². The van der Waals surface area contributed by atoms with Crippen molar-refractivity contribution in [3.8, 4) is 10.6 Å². The molecule has 6 heteroatoms. The molecule has 72 valence electrons. The van der Waals surface area contributed by atoms with Crippen LogP contribution in [-0.4, -0.2) is 10.2 Å². The van der Waals surface area contributed by atoms with E-state index in [-0.39, 0.29) is 0 Å². The summed E-state index contributed by atoms with van der Waals surface area (Å²) in [7, 11) is 0. The topological polar surface area (TPSA) is 25.8 Å². The Labute approximate surface area is 117 Å². The Hall–Kier alpha value is 0.530. The van der Waals surface area contributed by atoms with Crippen molar-refractivity contribution in [3.05, 3.63) is 29.8 Å². The molecule has 0 amide bonds. The summed E-state index contributed by atoms with van der Waals surface area (Å²) in [4.78, 5) is 0. The number of hydrogen-bond donors (Lipinski definition) is 0. The summed E-state index contributed by atoms with van der Waals surface area (Å²) in [6.07, 6.45) is 0. The maximum absolute atomic E-state index is 6.02. The predicted octanol–water partition coefficient (Wildman–Crippen LogP) is 4.07. The summed E-state index contributed by atoms with van der Waals surface area (Å²) >= 11 is 11.9. The van der Waals surface area contributed by atoms with E-state index in [0.29, 0.717) is 0 Å². The van der Waals surface area contributed by atoms with Crippen LogP contribution >= 0.6 is 68.1 Å². The summed E-state index contributed by atoms with van der Waals surface area (Å²) in [5.41, 5.74) is 1.02. The molecule has 2 nitrogen and oxygen atoms in total. The quantitative estimate of drug-likeness (QED) is 0.615. The van der Waals surface area contributed by atoms with Gasteiger partial charge in [-0.25, -0.2) is 0 Å². The highest BCUT2D eigenvalue weighted by molar-refractivity contribution is 14.1. The average Bonchev–Trinajstić information content (AvgIpc) is 2.57. The van der Waals surface area contributed by atoms with Gasteiger partial charge in [-0.3, -0.25) is 0 Å². The first kappa shape index (κ1) is 11.0. The molecule has 0 aliphatic rings. The minimum absolute atomic E-state index is 0.758. The summed E-state index contributed by atoms with van der Waals surface area (Å²) in [5.74, 6) is 0. The van der Waals surface area contributed by atoms with Gasteiger partial charge in [0.15, 0.2) is 3.01 Å². The van der Waals surface area contributed by atoms with Crippen LogP contribution in [0.4, 0.5) is 0 Å². The van der Waals surface area contributed by atoms with Crippen LogP contribution in [0.3, 0.4) is 0 Å². The zero-order valence-electron chi connectivity index (χ0n) is 6.67. The molecule has 0 atom stereocenters. The Morgan fingerprint density at radius 3 is 2.57 bits per heavy atom. The molecule has 14 heavy (non-hydrogen) atoms. The Kier molecular flexibility index (Phi) is 3.61. The van der Waals surface area contributed by atoms with Crippen molar-refractivity contribution in [2.75, 3.05) is 0 Å². The Morgan fingerprint density at radius 2 is 2.00 bits per heavy atom. The van der Waals surface area contributed by atoms with E-state index in [9.17, 15) is 0 Å². The fourth-order valence-corrected chi connectivity index (χ4v) is 2.77. The molecule has 0 radical (unpaired) electrons. The molecular weight excluding hydrogens is 445 g/mol. The first-order chi connectivity index (χ1) is 6.66. The number of aromatic nitrogens is 2. The van der Waals surface area contributed by atoms with E-state index in [4.69, 9.17) is 11.6 Å². The van der Waals surface area contributed by atoms with Crippen LogP contribution in [0, 0.1) is 6.58 Å². The van der Waals surface area contributed by atoms with Crippen molar-refractivity contribution in [2.24, 2.45) is 0 Å². The number of nitrogens with zero attached hydrogens (tertiary/aromatic N) is 2. The molecule has 0 spiro atoms. The van der Waals surface area contributed by atoms with Gasteiger partial charge in [0.1, 0.15) is 5.01 Å². The smallest absolute Gasteiger partial charge is 0.137 e. The van der Waals surface area contributed by atoms with E-state index in [0.717, 1.165) is 22.2 Å². The second-order valence-electron chi connectivity index (χ2n) is 2.49. The first-order valence-electron chi connectivity index (χ1n) is 3.61. The van der Waals surface area contributed by atoms with E-state index in [1.54, 1.807) is 11.3 Å². The fraction of sp³-hybridized carbons (Fsp3) is 0. The maximum atomic E-state index is 6.02. The second kappa shape index (κ2) is 4.58. The van der Waals surface area contributed by atoms with Crippen LogP contribution < -0.4 is 0 Å². The number of hydrogen-bond acceptors (Lipinski definition) is 3. The maximum Gasteiger partial charge on any atom is 0.178 e. The summed E-state index contributed by atoms with van der Waals surface area (Å²) in [5, 5.41) is 9.68. The van der Waals surface area contributed by atoms with Crippen molar-refractivity contribution in [3.63, 3.8) is 0 Å². The molecule has 2 aromatic rings. The normalized spacial score (nSPS) is 10.5. The average molecular weight is 448 g/mol. The Bertz CT molecular complexity index is 472. The van der Waals surface area contributed by atoms with E-state index >= 15 is 0 Å². The van der Waals surface area contributed by atoms with Crippen molar-refractivity contribution in [2.45, 2.75) is 0 Å². The molecule has 0 saturated carbocycles. The third kappa shape index (κ3) is 2.37. The molecule has 2 rings (SSSR count). The van der Waals surface area contributed by atoms with Gasteiger partial charge in [-0.15, -0.1) is 10.2 Å². The molecule has 1 aromatic heterocycles. The standard InChI is InChI=1S/C8H3ClI2N2S/c9-5-3-4(1-2-6(5)10)7-12-13-8(11)14-7/h1-3H. The monoisotopic (exact) mass is 448 g/mol. The van der Waals surface area contributed by atoms with E-state index in [2.05, 4.69) is 55.4 Å². The molecule has 0 aliphatic carbocycles. The van der Waals surface area contributed by atoms with Crippen LogP contribution in [0.1, 0.15) is 0 Å². The molecule has 0 saturated heterocycles. The highest BCUT2D eigenvalue weighted by atomic mass is 127. The van der Waals surface area contributed by atoms with Crippen LogP contribution in [0.15, 0.2) is 18.2 Å². The van der Waals surface area contributed by atoms with Gasteiger partial charge in [-0.1, -0.05) is 29.0 Å². The number of rotatable bonds is 1. The lowest BCUT2D eigenvalue weighted by Crippen LogP contribution is -1.79. The molecule has 1 aromatic carbocycles. The molecule has 0 unspecified atom stereocenters. The zero-order chi connectivity index (χ0) is 10.1. The first-order valence-corrected chi connectivity index (χ1v) is 6.96. The van der Waals surface area contributed by atoms with Gasteiger partial charge in [0.2, 0.25) is 0 Å². The van der Waals surface area contributed by atoms with Crippen LogP contribution in [0.2, 0.25) is 5.02 Å². The SMILES string of the molecule is Clc1cc(-c2nnc(I)s2)ccc1I. The Balaban J connectivity index is 2.47. The van der Waals surface area contributed by atoms with Gasteiger partial charge < -0.3 is 0 Å². The highest BCUT2D eigenvalue weighted by Gasteiger charge is 2.06. The third-order valence-corrected chi connectivity index (χ3v) is 4.78. The van der Waals surface area contributed by atoms with Gasteiger partial charge in [-0.2, -0.15) is 0 Å². The van der Waals surface area contributed by atoms with Crippen LogP contribution in [0.5, 0.6) is 0 Å². The van der Waals surface area contributed by atoms with Gasteiger partial charge >= 0.3 is 0 Å². The lowest BCUT2D eigenvalue weighted by Gasteiger charge is -1.98. The summed E-state index contributed by atoms with van der Waals surface area (Å²) < 4.78 is 1.99. The van der Waals surface area contributed by atoms with Crippen LogP contribution in [-0.2, 0) is 0 Å². The predicted molar refractivity (Wildman–Crippen MR) is 75.8 cm³/mol. The van der Waals surface area contributed by atoms with Crippen molar-refractivity contribution >= 4 is 68.1 Å². The van der Waals surface area contributed by atoms with Crippen molar-refractivity contribution < 1.29 is 0 Å². The largest absolute Gasteiger partial charge is 0.178 e. The lowest BCUT2D eigenvalue weighted by atomic mass is 10.2. The number of halogens is 3. The van der Waals surface area contributed by atoms with Crippen molar-refractivity contribution in [1.82, 2.24) is 10.2 Å². The molecule has 0 bridgehead atoms. The molecular formula is C8H3ClI2N2S. The lowest BCUT2D eigenvalue weighted by molar-refractivity contribution is 1.07. The summed E-state index contributed by atoms with van der Waals surface area (Å²) in [6.45, 7) is 0. The van der Waals surface area contributed by atoms with Gasteiger partial charge in [-0.05, 0) is 57.3 Å². The minimum atomic E-state index is 0.758. The van der Waals surface area contributed by atoms with E-state index in [1.807, 2.05) is 18.2 Å². The molecule has 0 N–H and O–H groups in total. The zero-order valence-corrected chi connectivity index (χ0v) is 12.6. The Morgan fingerprint density at radius 1 is 1.21 bits per heavy atom. The number of benzene rings is 1. The van der Waals surface area contributed by atoms with E-state index < -0.39 is 0 Å². The fourth-order valence-electron chi connectivity index (χ4n) is 0.951. The highest BCUT2D eigenvalue weighted by Crippen LogP contribution is 2.28. The van der Waals surface area contributed by atoms with Gasteiger partial charge in [0, 0.05) is 9.13 Å². The summed E-state index contributed by atoms with van der Waals surface area (Å²) in [6, 6.07) is 5.90. The van der Waals surface area contributed by atoms with Gasteiger partial charge in [0.25, 0.3) is 0 Å². The van der Waals surface area contributed by atoms with E-state index in [1.165, 1.54) is 0 Å². The molecule has 0 aliphatic heterocycles. The molecule has 1 heterocycles. The second-order valence-corrected chi connectivity index (χ2v) is 6.79.